The third kappa shape index (κ3) is 4.94. The van der Waals surface area contributed by atoms with Crippen LogP contribution in [0.5, 0.6) is 11.5 Å². The molecule has 0 saturated carbocycles. The van der Waals surface area contributed by atoms with Crippen molar-refractivity contribution in [1.82, 2.24) is 0 Å². The Morgan fingerprint density at radius 2 is 0.706 bits per heavy atom. The van der Waals surface area contributed by atoms with E-state index in [1.54, 1.807) is 0 Å². The maximum absolute atomic E-state index is 7.17. The van der Waals surface area contributed by atoms with E-state index >= 15 is 0 Å². The second-order valence-corrected chi connectivity index (χ2v) is 13.2. The van der Waals surface area contributed by atoms with Crippen molar-refractivity contribution in [3.8, 4) is 78.3 Å². The zero-order valence-corrected chi connectivity index (χ0v) is 27.9. The highest BCUT2D eigenvalue weighted by molar-refractivity contribution is 6.22. The zero-order chi connectivity index (χ0) is 33.7. The summed E-state index contributed by atoms with van der Waals surface area (Å²) in [5.74, 6) is 1.82. The van der Waals surface area contributed by atoms with Gasteiger partial charge in [-0.05, 0) is 84.4 Å². The molecule has 9 aromatic rings. The molecule has 0 atom stereocenters. The lowest BCUT2D eigenvalue weighted by Gasteiger charge is -2.27. The highest BCUT2D eigenvalue weighted by Crippen LogP contribution is 2.55. The van der Waals surface area contributed by atoms with Crippen LogP contribution >= 0.6 is 0 Å². The van der Waals surface area contributed by atoms with E-state index in [4.69, 9.17) is 4.74 Å². The molecule has 1 heterocycles. The molecule has 0 fully saturated rings. The van der Waals surface area contributed by atoms with Crippen LogP contribution in [0.1, 0.15) is 0 Å². The SMILES string of the molecule is c1ccc(-c2cc(-c3ccccc3)cc(-c3ccc(-c4cccc5c4Oc4c(-c6ccccc6)c6ccccc6c6cccc-5c46)cc3)c2)cc1. The minimum absolute atomic E-state index is 0.898. The highest BCUT2D eigenvalue weighted by Gasteiger charge is 2.27. The summed E-state index contributed by atoms with van der Waals surface area (Å²) in [6.45, 7) is 0. The number of rotatable bonds is 5. The molecular weight excluding hydrogens is 617 g/mol. The summed E-state index contributed by atoms with van der Waals surface area (Å²) < 4.78 is 7.17. The number of fused-ring (bicyclic) bond motifs is 4. The first kappa shape index (κ1) is 29.2. The Balaban J connectivity index is 1.11. The fourth-order valence-electron chi connectivity index (χ4n) is 7.84. The Hall–Kier alpha value is -6.70. The lowest BCUT2D eigenvalue weighted by molar-refractivity contribution is 0.491. The Kier molecular flexibility index (Phi) is 6.89. The average molecular weight is 649 g/mol. The van der Waals surface area contributed by atoms with Gasteiger partial charge in [0.05, 0.1) is 0 Å². The normalized spacial score (nSPS) is 11.7. The van der Waals surface area contributed by atoms with Crippen molar-refractivity contribution in [2.75, 3.05) is 0 Å². The first-order chi connectivity index (χ1) is 25.3. The average Bonchev–Trinajstić information content (AvgIpc) is 3.22. The van der Waals surface area contributed by atoms with E-state index in [-0.39, 0.29) is 0 Å². The van der Waals surface area contributed by atoms with Crippen LogP contribution in [-0.2, 0) is 0 Å². The van der Waals surface area contributed by atoms with Crippen LogP contribution in [0.2, 0.25) is 0 Å². The van der Waals surface area contributed by atoms with E-state index in [2.05, 4.69) is 194 Å². The molecule has 0 radical (unpaired) electrons. The van der Waals surface area contributed by atoms with Crippen LogP contribution in [-0.4, -0.2) is 0 Å². The molecular formula is C50H32O. The molecule has 1 aliphatic heterocycles. The van der Waals surface area contributed by atoms with Crippen molar-refractivity contribution in [3.63, 3.8) is 0 Å². The number of para-hydroxylation sites is 1. The Bertz CT molecular complexity index is 2670. The van der Waals surface area contributed by atoms with Gasteiger partial charge < -0.3 is 4.74 Å². The Labute approximate surface area is 297 Å². The molecule has 1 heteroatoms. The topological polar surface area (TPSA) is 9.23 Å². The fourth-order valence-corrected chi connectivity index (χ4v) is 7.84. The van der Waals surface area contributed by atoms with Crippen LogP contribution in [0.15, 0.2) is 194 Å². The van der Waals surface area contributed by atoms with Gasteiger partial charge in [-0.2, -0.15) is 0 Å². The van der Waals surface area contributed by atoms with Gasteiger partial charge in [0, 0.05) is 22.1 Å². The molecule has 10 rings (SSSR count). The van der Waals surface area contributed by atoms with Crippen molar-refractivity contribution < 1.29 is 4.74 Å². The number of hydrogen-bond donors (Lipinski definition) is 0. The van der Waals surface area contributed by atoms with Crippen molar-refractivity contribution >= 4 is 21.5 Å². The molecule has 0 saturated heterocycles. The monoisotopic (exact) mass is 648 g/mol. The molecule has 0 bridgehead atoms. The maximum Gasteiger partial charge on any atom is 0.144 e. The predicted molar refractivity (Wildman–Crippen MR) is 214 cm³/mol. The third-order valence-electron chi connectivity index (χ3n) is 10.3. The Morgan fingerprint density at radius 3 is 1.33 bits per heavy atom. The largest absolute Gasteiger partial charge is 0.455 e. The first-order valence-corrected chi connectivity index (χ1v) is 17.5. The van der Waals surface area contributed by atoms with Crippen LogP contribution < -0.4 is 4.74 Å². The molecule has 0 aliphatic carbocycles. The summed E-state index contributed by atoms with van der Waals surface area (Å²) in [7, 11) is 0. The van der Waals surface area contributed by atoms with Gasteiger partial charge in [0.2, 0.25) is 0 Å². The summed E-state index contributed by atoms with van der Waals surface area (Å²) in [6.07, 6.45) is 0. The van der Waals surface area contributed by atoms with Gasteiger partial charge in [0.15, 0.2) is 0 Å². The van der Waals surface area contributed by atoms with E-state index in [1.807, 2.05) is 0 Å². The van der Waals surface area contributed by atoms with E-state index in [9.17, 15) is 0 Å². The van der Waals surface area contributed by atoms with E-state index in [0.717, 1.165) is 39.3 Å². The molecule has 1 nitrogen and oxygen atoms in total. The minimum atomic E-state index is 0.898. The molecule has 0 aromatic heterocycles. The smallest absolute Gasteiger partial charge is 0.144 e. The molecule has 0 amide bonds. The highest BCUT2D eigenvalue weighted by atomic mass is 16.5. The van der Waals surface area contributed by atoms with Crippen molar-refractivity contribution in [2.45, 2.75) is 0 Å². The standard InChI is InChI=1S/C50H32O/c1-4-14-33(15-5-1)38-30-39(34-16-6-2-7-17-34)32-40(31-38)35-26-28-36(29-27-35)41-22-12-25-46-45-24-13-23-44-42-20-10-11-21-43(42)47(37-18-8-3-9-19-37)50(48(44)45)51-49(41)46/h1-32H. The van der Waals surface area contributed by atoms with Crippen LogP contribution in [0.3, 0.4) is 0 Å². The van der Waals surface area contributed by atoms with Gasteiger partial charge in [-0.15, -0.1) is 0 Å². The Morgan fingerprint density at radius 1 is 0.255 bits per heavy atom. The van der Waals surface area contributed by atoms with Gasteiger partial charge in [0.1, 0.15) is 11.5 Å². The molecule has 0 N–H and O–H groups in total. The maximum atomic E-state index is 7.17. The van der Waals surface area contributed by atoms with Crippen LogP contribution in [0.25, 0.3) is 88.3 Å². The van der Waals surface area contributed by atoms with Gasteiger partial charge in [0.25, 0.3) is 0 Å². The molecule has 0 spiro atoms. The van der Waals surface area contributed by atoms with Gasteiger partial charge in [-0.1, -0.05) is 176 Å². The zero-order valence-electron chi connectivity index (χ0n) is 27.9. The van der Waals surface area contributed by atoms with E-state index in [0.29, 0.717) is 0 Å². The second-order valence-electron chi connectivity index (χ2n) is 13.2. The van der Waals surface area contributed by atoms with Crippen LogP contribution in [0.4, 0.5) is 0 Å². The first-order valence-electron chi connectivity index (χ1n) is 17.5. The lowest BCUT2D eigenvalue weighted by Crippen LogP contribution is -2.02. The minimum Gasteiger partial charge on any atom is -0.455 e. The van der Waals surface area contributed by atoms with Crippen molar-refractivity contribution in [3.05, 3.63) is 194 Å². The van der Waals surface area contributed by atoms with Crippen molar-refractivity contribution in [2.24, 2.45) is 0 Å². The fraction of sp³-hybridized carbons (Fsp3) is 0. The summed E-state index contributed by atoms with van der Waals surface area (Å²) in [4.78, 5) is 0. The summed E-state index contributed by atoms with van der Waals surface area (Å²) in [6, 6.07) is 69.7. The van der Waals surface area contributed by atoms with Crippen LogP contribution in [0, 0.1) is 0 Å². The van der Waals surface area contributed by atoms with E-state index in [1.165, 1.54) is 60.5 Å². The summed E-state index contributed by atoms with van der Waals surface area (Å²) in [5, 5.41) is 4.82. The number of hydrogen-bond acceptors (Lipinski definition) is 1. The molecule has 0 unspecified atom stereocenters. The van der Waals surface area contributed by atoms with Crippen molar-refractivity contribution in [1.29, 1.82) is 0 Å². The number of benzene rings is 9. The third-order valence-corrected chi connectivity index (χ3v) is 10.3. The molecule has 238 valence electrons. The van der Waals surface area contributed by atoms with Gasteiger partial charge in [-0.25, -0.2) is 0 Å². The predicted octanol–water partition coefficient (Wildman–Crippen LogP) is 14.1. The number of ether oxygens (including phenoxy) is 1. The van der Waals surface area contributed by atoms with Gasteiger partial charge >= 0.3 is 0 Å². The van der Waals surface area contributed by atoms with E-state index < -0.39 is 0 Å². The molecule has 51 heavy (non-hydrogen) atoms. The quantitative estimate of drug-likeness (QED) is 0.169. The second kappa shape index (κ2) is 12.0. The molecule has 9 aromatic carbocycles. The van der Waals surface area contributed by atoms with Gasteiger partial charge in [-0.3, -0.25) is 0 Å². The summed E-state index contributed by atoms with van der Waals surface area (Å²) >= 11 is 0. The lowest BCUT2D eigenvalue weighted by atomic mass is 9.86. The summed E-state index contributed by atoms with van der Waals surface area (Å²) in [5.41, 5.74) is 14.0. The molecule has 1 aliphatic rings.